The van der Waals surface area contributed by atoms with Crippen LogP contribution in [0.5, 0.6) is 0 Å². The minimum atomic E-state index is -0.136. The summed E-state index contributed by atoms with van der Waals surface area (Å²) >= 11 is 0. The van der Waals surface area contributed by atoms with E-state index >= 15 is 0 Å². The van der Waals surface area contributed by atoms with Crippen LogP contribution < -0.4 is 10.2 Å². The summed E-state index contributed by atoms with van der Waals surface area (Å²) in [6.07, 6.45) is 1.42. The van der Waals surface area contributed by atoms with Gasteiger partial charge in [-0.1, -0.05) is 42.2 Å². The number of hydrogen-bond donors (Lipinski definition) is 1. The third-order valence-corrected chi connectivity index (χ3v) is 4.77. The number of nitrogens with zero attached hydrogens (tertiary/aromatic N) is 1. The van der Waals surface area contributed by atoms with E-state index in [1.165, 1.54) is 6.92 Å². The Hall–Kier alpha value is -3.39. The fraction of sp³-hybridized carbons (Fsp3) is 0.292. The average Bonchev–Trinajstić information content (AvgIpc) is 2.69. The van der Waals surface area contributed by atoms with Gasteiger partial charge in [-0.2, -0.15) is 0 Å². The molecule has 0 saturated heterocycles. The summed E-state index contributed by atoms with van der Waals surface area (Å²) in [5, 5.41) is 2.77. The van der Waals surface area contributed by atoms with E-state index in [-0.39, 0.29) is 30.6 Å². The molecule has 2 amide bonds. The van der Waals surface area contributed by atoms with Crippen molar-refractivity contribution in [3.8, 4) is 11.8 Å². The van der Waals surface area contributed by atoms with Crippen LogP contribution in [0.3, 0.4) is 0 Å². The van der Waals surface area contributed by atoms with E-state index in [0.29, 0.717) is 25.8 Å². The van der Waals surface area contributed by atoms with Crippen molar-refractivity contribution in [2.45, 2.75) is 39.2 Å². The maximum atomic E-state index is 13.0. The number of carbonyl (C=O) groups excluding carboxylic acids is 3. The molecule has 3 rings (SSSR count). The first-order valence-electron chi connectivity index (χ1n) is 9.80. The maximum absolute atomic E-state index is 13.0. The number of nitrogens with one attached hydrogen (secondary N) is 1. The highest BCUT2D eigenvalue weighted by molar-refractivity contribution is 5.95. The quantitative estimate of drug-likeness (QED) is 0.741. The summed E-state index contributed by atoms with van der Waals surface area (Å²) in [4.78, 5) is 37.6. The van der Waals surface area contributed by atoms with E-state index in [1.54, 1.807) is 4.90 Å². The van der Waals surface area contributed by atoms with Gasteiger partial charge in [0.1, 0.15) is 5.78 Å². The minimum Gasteiger partial charge on any atom is -0.356 e. The topological polar surface area (TPSA) is 66.5 Å². The number of ketones is 1. The van der Waals surface area contributed by atoms with Crippen molar-refractivity contribution in [3.63, 3.8) is 0 Å². The number of benzene rings is 2. The van der Waals surface area contributed by atoms with Gasteiger partial charge in [-0.15, -0.1) is 0 Å². The molecular weight excluding hydrogens is 364 g/mol. The predicted molar refractivity (Wildman–Crippen MR) is 112 cm³/mol. The third-order valence-electron chi connectivity index (χ3n) is 4.77. The Morgan fingerprint density at radius 2 is 1.62 bits per heavy atom. The molecule has 5 nitrogen and oxygen atoms in total. The molecular formula is C24H24N2O3. The fourth-order valence-electron chi connectivity index (χ4n) is 3.24. The first kappa shape index (κ1) is 20.3. The molecule has 2 aromatic carbocycles. The van der Waals surface area contributed by atoms with Crippen molar-refractivity contribution in [2.24, 2.45) is 0 Å². The number of fused-ring (bicyclic) bond motifs is 2. The van der Waals surface area contributed by atoms with Gasteiger partial charge in [-0.05, 0) is 37.1 Å². The normalized spacial score (nSPS) is 11.8. The Morgan fingerprint density at radius 3 is 2.41 bits per heavy atom. The summed E-state index contributed by atoms with van der Waals surface area (Å²) in [7, 11) is 0. The summed E-state index contributed by atoms with van der Waals surface area (Å²) in [5.41, 5.74) is 3.51. The molecule has 5 heteroatoms. The van der Waals surface area contributed by atoms with Crippen molar-refractivity contribution < 1.29 is 14.4 Å². The molecule has 0 aliphatic carbocycles. The van der Waals surface area contributed by atoms with E-state index in [9.17, 15) is 14.4 Å². The SMILES string of the molecule is CC(=O)CCCC(=O)NCCC(=O)N1Cc2ccccc2C#Cc2ccccc21. The molecule has 0 bridgehead atoms. The van der Waals surface area contributed by atoms with Gasteiger partial charge in [-0.25, -0.2) is 0 Å². The van der Waals surface area contributed by atoms with Crippen LogP contribution in [0.4, 0.5) is 5.69 Å². The number of hydrogen-bond acceptors (Lipinski definition) is 3. The Morgan fingerprint density at radius 1 is 0.931 bits per heavy atom. The summed E-state index contributed by atoms with van der Waals surface area (Å²) in [5.74, 6) is 6.24. The molecule has 0 unspecified atom stereocenters. The molecule has 148 valence electrons. The number of rotatable bonds is 7. The first-order valence-corrected chi connectivity index (χ1v) is 9.80. The van der Waals surface area contributed by atoms with Gasteiger partial charge in [0, 0.05) is 36.9 Å². The second-order valence-electron chi connectivity index (χ2n) is 7.06. The predicted octanol–water partition coefficient (Wildman–Crippen LogP) is 3.20. The second-order valence-corrected chi connectivity index (χ2v) is 7.06. The van der Waals surface area contributed by atoms with E-state index < -0.39 is 0 Å². The van der Waals surface area contributed by atoms with Gasteiger partial charge < -0.3 is 15.0 Å². The largest absolute Gasteiger partial charge is 0.356 e. The smallest absolute Gasteiger partial charge is 0.229 e. The molecule has 0 aromatic heterocycles. The molecule has 0 fully saturated rings. The highest BCUT2D eigenvalue weighted by atomic mass is 16.2. The number of carbonyl (C=O) groups is 3. The van der Waals surface area contributed by atoms with E-state index in [0.717, 1.165) is 22.4 Å². The van der Waals surface area contributed by atoms with Gasteiger partial charge in [-0.3, -0.25) is 9.59 Å². The average molecular weight is 388 g/mol. The highest BCUT2D eigenvalue weighted by Crippen LogP contribution is 2.25. The monoisotopic (exact) mass is 388 g/mol. The Bertz CT molecular complexity index is 985. The number of amides is 2. The number of Topliss-reactive ketones (excluding diaryl/α,β-unsaturated/α-hetero) is 1. The molecule has 0 saturated carbocycles. The maximum Gasteiger partial charge on any atom is 0.229 e. The van der Waals surface area contributed by atoms with E-state index in [4.69, 9.17) is 0 Å². The van der Waals surface area contributed by atoms with Crippen molar-refractivity contribution in [2.75, 3.05) is 11.4 Å². The van der Waals surface area contributed by atoms with Crippen LogP contribution >= 0.6 is 0 Å². The van der Waals surface area contributed by atoms with Crippen molar-refractivity contribution in [3.05, 3.63) is 65.2 Å². The first-order chi connectivity index (χ1) is 14.0. The van der Waals surface area contributed by atoms with Crippen LogP contribution in [0.25, 0.3) is 0 Å². The standard InChI is InChI=1S/C24H24N2O3/c1-18(27)7-6-12-23(28)25-16-15-24(29)26-17-21-10-3-2-8-19(21)13-14-20-9-4-5-11-22(20)26/h2-5,8-11H,6-7,12,15-17H2,1H3,(H,25,28). The molecule has 2 aromatic rings. The summed E-state index contributed by atoms with van der Waals surface area (Å²) in [6.45, 7) is 2.22. The van der Waals surface area contributed by atoms with Gasteiger partial charge in [0.2, 0.25) is 11.8 Å². The lowest BCUT2D eigenvalue weighted by Gasteiger charge is -2.26. The Balaban J connectivity index is 1.68. The van der Waals surface area contributed by atoms with E-state index in [1.807, 2.05) is 48.5 Å². The van der Waals surface area contributed by atoms with Crippen LogP contribution in [0.15, 0.2) is 48.5 Å². The van der Waals surface area contributed by atoms with Crippen molar-refractivity contribution >= 4 is 23.3 Å². The molecule has 29 heavy (non-hydrogen) atoms. The molecule has 0 atom stereocenters. The molecule has 1 heterocycles. The number of para-hydroxylation sites is 1. The third kappa shape index (κ3) is 5.55. The molecule has 1 N–H and O–H groups in total. The van der Waals surface area contributed by atoms with Crippen LogP contribution in [0.2, 0.25) is 0 Å². The minimum absolute atomic E-state index is 0.0695. The lowest BCUT2D eigenvalue weighted by atomic mass is 10.0. The zero-order chi connectivity index (χ0) is 20.6. The van der Waals surface area contributed by atoms with Gasteiger partial charge >= 0.3 is 0 Å². The van der Waals surface area contributed by atoms with Crippen LogP contribution in [0, 0.1) is 11.8 Å². The number of anilines is 1. The molecule has 1 aliphatic rings. The zero-order valence-electron chi connectivity index (χ0n) is 16.5. The van der Waals surface area contributed by atoms with Crippen LogP contribution in [0.1, 0.15) is 49.3 Å². The van der Waals surface area contributed by atoms with Gasteiger partial charge in [0.25, 0.3) is 0 Å². The fourth-order valence-corrected chi connectivity index (χ4v) is 3.24. The Labute approximate surface area is 171 Å². The van der Waals surface area contributed by atoms with Crippen molar-refractivity contribution in [1.82, 2.24) is 5.32 Å². The van der Waals surface area contributed by atoms with Gasteiger partial charge in [0.15, 0.2) is 0 Å². The van der Waals surface area contributed by atoms with Gasteiger partial charge in [0.05, 0.1) is 12.2 Å². The lowest BCUT2D eigenvalue weighted by molar-refractivity contribution is -0.121. The molecule has 0 spiro atoms. The lowest BCUT2D eigenvalue weighted by Crippen LogP contribution is -2.35. The summed E-state index contributed by atoms with van der Waals surface area (Å²) in [6, 6.07) is 15.4. The molecule has 0 radical (unpaired) electrons. The highest BCUT2D eigenvalue weighted by Gasteiger charge is 2.20. The summed E-state index contributed by atoms with van der Waals surface area (Å²) < 4.78 is 0. The second kappa shape index (κ2) is 9.70. The zero-order valence-corrected chi connectivity index (χ0v) is 16.5. The van der Waals surface area contributed by atoms with Crippen molar-refractivity contribution in [1.29, 1.82) is 0 Å². The van der Waals surface area contributed by atoms with Crippen LogP contribution in [-0.2, 0) is 20.9 Å². The van der Waals surface area contributed by atoms with E-state index in [2.05, 4.69) is 17.2 Å². The Kier molecular flexibility index (Phi) is 6.80. The molecule has 1 aliphatic heterocycles. The van der Waals surface area contributed by atoms with Crippen LogP contribution in [-0.4, -0.2) is 24.1 Å².